The van der Waals surface area contributed by atoms with Gasteiger partial charge in [0.1, 0.15) is 0 Å². The summed E-state index contributed by atoms with van der Waals surface area (Å²) in [7, 11) is 2.08. The molecule has 3 rings (SSSR count). The number of carbonyl (C=O) groups is 1. The molecule has 0 N–H and O–H groups in total. The van der Waals surface area contributed by atoms with Gasteiger partial charge in [0, 0.05) is 26.1 Å². The monoisotopic (exact) mass is 242 g/mol. The number of hydrogen-bond acceptors (Lipinski definition) is 2. The van der Waals surface area contributed by atoms with Crippen LogP contribution in [0, 0.1) is 5.92 Å². The number of allylic oxidation sites excluding steroid dienone is 2. The first-order valence-corrected chi connectivity index (χ1v) is 6.54. The molecule has 0 spiro atoms. The minimum absolute atomic E-state index is 0.154. The third-order valence-electron chi connectivity index (χ3n) is 3.87. The molecule has 2 aliphatic rings. The molecule has 0 radical (unpaired) electrons. The van der Waals surface area contributed by atoms with E-state index in [1.54, 1.807) is 0 Å². The highest BCUT2D eigenvalue weighted by molar-refractivity contribution is 5.99. The van der Waals surface area contributed by atoms with Gasteiger partial charge in [-0.3, -0.25) is 4.79 Å². The standard InChI is InChI=1S/C15H18N2O/c1-16-10-11-17(14-9-5-4-8-13(14)16)15(18)12-6-2-3-7-12/h2-5,8-9,12H,6-7,10-11H2,1H3. The maximum Gasteiger partial charge on any atom is 0.230 e. The molecule has 1 aliphatic heterocycles. The van der Waals surface area contributed by atoms with Crippen molar-refractivity contribution in [1.82, 2.24) is 0 Å². The molecule has 0 saturated heterocycles. The lowest BCUT2D eigenvalue weighted by Gasteiger charge is -2.36. The molecule has 94 valence electrons. The summed E-state index contributed by atoms with van der Waals surface area (Å²) in [6.07, 6.45) is 6.02. The maximum absolute atomic E-state index is 12.5. The van der Waals surface area contributed by atoms with Crippen LogP contribution in [0.3, 0.4) is 0 Å². The number of anilines is 2. The Morgan fingerprint density at radius 1 is 1.11 bits per heavy atom. The number of benzene rings is 1. The van der Waals surface area contributed by atoms with E-state index < -0.39 is 0 Å². The van der Waals surface area contributed by atoms with Crippen molar-refractivity contribution < 1.29 is 4.79 Å². The zero-order valence-corrected chi connectivity index (χ0v) is 10.7. The van der Waals surface area contributed by atoms with Gasteiger partial charge in [-0.1, -0.05) is 24.3 Å². The molecule has 0 saturated carbocycles. The lowest BCUT2D eigenvalue weighted by atomic mass is 10.0. The van der Waals surface area contributed by atoms with Gasteiger partial charge in [-0.15, -0.1) is 0 Å². The van der Waals surface area contributed by atoms with E-state index in [4.69, 9.17) is 0 Å². The fourth-order valence-electron chi connectivity index (χ4n) is 2.77. The Morgan fingerprint density at radius 2 is 1.78 bits per heavy atom. The third kappa shape index (κ3) is 1.80. The minimum Gasteiger partial charge on any atom is -0.371 e. The van der Waals surface area contributed by atoms with E-state index in [-0.39, 0.29) is 11.8 Å². The van der Waals surface area contributed by atoms with Gasteiger partial charge in [0.05, 0.1) is 11.4 Å². The van der Waals surface area contributed by atoms with Crippen molar-refractivity contribution in [3.05, 3.63) is 36.4 Å². The van der Waals surface area contributed by atoms with Gasteiger partial charge in [-0.2, -0.15) is 0 Å². The molecular formula is C15H18N2O. The van der Waals surface area contributed by atoms with Crippen LogP contribution in [-0.4, -0.2) is 26.0 Å². The third-order valence-corrected chi connectivity index (χ3v) is 3.87. The van der Waals surface area contributed by atoms with E-state index in [9.17, 15) is 4.79 Å². The quantitative estimate of drug-likeness (QED) is 0.706. The normalized spacial score (nSPS) is 19.2. The first kappa shape index (κ1) is 11.3. The number of amides is 1. The first-order valence-electron chi connectivity index (χ1n) is 6.54. The minimum atomic E-state index is 0.154. The molecule has 3 nitrogen and oxygen atoms in total. The average Bonchev–Trinajstić information content (AvgIpc) is 2.93. The summed E-state index contributed by atoms with van der Waals surface area (Å²) in [6.45, 7) is 1.70. The van der Waals surface area contributed by atoms with E-state index in [1.165, 1.54) is 0 Å². The molecule has 3 heteroatoms. The number of likely N-dealkylation sites (N-methyl/N-ethyl adjacent to an activating group) is 1. The van der Waals surface area contributed by atoms with Crippen molar-refractivity contribution >= 4 is 17.3 Å². The molecule has 0 aromatic heterocycles. The summed E-state index contributed by atoms with van der Waals surface area (Å²) in [5.74, 6) is 0.432. The van der Waals surface area contributed by atoms with Crippen molar-refractivity contribution in [3.63, 3.8) is 0 Å². The zero-order valence-electron chi connectivity index (χ0n) is 10.7. The largest absolute Gasteiger partial charge is 0.371 e. The number of nitrogens with zero attached hydrogens (tertiary/aromatic N) is 2. The van der Waals surface area contributed by atoms with Crippen LogP contribution in [0.4, 0.5) is 11.4 Å². The van der Waals surface area contributed by atoms with Gasteiger partial charge in [0.15, 0.2) is 0 Å². The lowest BCUT2D eigenvalue weighted by Crippen LogP contribution is -2.44. The summed E-state index contributed by atoms with van der Waals surface area (Å²) in [5.41, 5.74) is 2.21. The van der Waals surface area contributed by atoms with E-state index in [1.807, 2.05) is 23.1 Å². The summed E-state index contributed by atoms with van der Waals surface area (Å²) in [4.78, 5) is 16.7. The molecule has 1 aliphatic carbocycles. The SMILES string of the molecule is CN1CCN(C(=O)C2CC=CC2)c2ccccc21. The van der Waals surface area contributed by atoms with Crippen LogP contribution in [0.1, 0.15) is 12.8 Å². The Morgan fingerprint density at radius 3 is 2.50 bits per heavy atom. The highest BCUT2D eigenvalue weighted by Gasteiger charge is 2.30. The Bertz CT molecular complexity index is 487. The fraction of sp³-hybridized carbons (Fsp3) is 0.400. The van der Waals surface area contributed by atoms with Crippen LogP contribution in [0.2, 0.25) is 0 Å². The summed E-state index contributed by atoms with van der Waals surface area (Å²) < 4.78 is 0. The number of carbonyl (C=O) groups excluding carboxylic acids is 1. The summed E-state index contributed by atoms with van der Waals surface area (Å²) in [6, 6.07) is 8.17. The molecule has 1 aromatic rings. The van der Waals surface area contributed by atoms with Crippen LogP contribution >= 0.6 is 0 Å². The second-order valence-electron chi connectivity index (χ2n) is 5.04. The van der Waals surface area contributed by atoms with Crippen LogP contribution in [0.25, 0.3) is 0 Å². The molecule has 0 fully saturated rings. The van der Waals surface area contributed by atoms with Gasteiger partial charge >= 0.3 is 0 Å². The van der Waals surface area contributed by atoms with Crippen LogP contribution in [0.15, 0.2) is 36.4 Å². The Kier molecular flexibility index (Phi) is 2.82. The highest BCUT2D eigenvalue weighted by Crippen LogP contribution is 2.34. The highest BCUT2D eigenvalue weighted by atomic mass is 16.2. The van der Waals surface area contributed by atoms with E-state index in [0.29, 0.717) is 0 Å². The molecule has 18 heavy (non-hydrogen) atoms. The van der Waals surface area contributed by atoms with Crippen molar-refractivity contribution in [2.24, 2.45) is 5.92 Å². The average molecular weight is 242 g/mol. The van der Waals surface area contributed by atoms with Crippen molar-refractivity contribution in [3.8, 4) is 0 Å². The Balaban J connectivity index is 1.90. The predicted molar refractivity (Wildman–Crippen MR) is 73.9 cm³/mol. The van der Waals surface area contributed by atoms with Crippen molar-refractivity contribution in [1.29, 1.82) is 0 Å². The van der Waals surface area contributed by atoms with E-state index in [0.717, 1.165) is 37.3 Å². The van der Waals surface area contributed by atoms with Crippen LogP contribution in [-0.2, 0) is 4.79 Å². The molecule has 1 heterocycles. The second kappa shape index (κ2) is 4.48. The topological polar surface area (TPSA) is 23.6 Å². The lowest BCUT2D eigenvalue weighted by molar-refractivity contribution is -0.122. The van der Waals surface area contributed by atoms with Crippen LogP contribution < -0.4 is 9.80 Å². The van der Waals surface area contributed by atoms with Crippen molar-refractivity contribution in [2.45, 2.75) is 12.8 Å². The Labute approximate surface area is 108 Å². The summed E-state index contributed by atoms with van der Waals surface area (Å²) >= 11 is 0. The van der Waals surface area contributed by atoms with Gasteiger partial charge in [-0.05, 0) is 25.0 Å². The molecule has 1 amide bonds. The zero-order chi connectivity index (χ0) is 12.5. The van der Waals surface area contributed by atoms with E-state index in [2.05, 4.69) is 30.2 Å². The smallest absolute Gasteiger partial charge is 0.230 e. The number of rotatable bonds is 1. The molecule has 1 aromatic carbocycles. The van der Waals surface area contributed by atoms with E-state index >= 15 is 0 Å². The molecule has 0 atom stereocenters. The molecule has 0 bridgehead atoms. The second-order valence-corrected chi connectivity index (χ2v) is 5.04. The predicted octanol–water partition coefficient (Wildman–Crippen LogP) is 2.44. The first-order chi connectivity index (χ1) is 8.77. The van der Waals surface area contributed by atoms with Crippen LogP contribution in [0.5, 0.6) is 0 Å². The Hall–Kier alpha value is -1.77. The number of hydrogen-bond donors (Lipinski definition) is 0. The van der Waals surface area contributed by atoms with Gasteiger partial charge in [-0.25, -0.2) is 0 Å². The summed E-state index contributed by atoms with van der Waals surface area (Å²) in [5, 5.41) is 0. The van der Waals surface area contributed by atoms with Gasteiger partial charge in [0.25, 0.3) is 0 Å². The number of fused-ring (bicyclic) bond motifs is 1. The molecule has 0 unspecified atom stereocenters. The van der Waals surface area contributed by atoms with Crippen molar-refractivity contribution in [2.75, 3.05) is 29.9 Å². The fourth-order valence-corrected chi connectivity index (χ4v) is 2.77. The molecular weight excluding hydrogens is 224 g/mol. The van der Waals surface area contributed by atoms with Gasteiger partial charge in [0.2, 0.25) is 5.91 Å². The van der Waals surface area contributed by atoms with Gasteiger partial charge < -0.3 is 9.80 Å². The number of para-hydroxylation sites is 2. The maximum atomic E-state index is 12.5.